The maximum Gasteiger partial charge on any atom is 4.00 e. The van der Waals surface area contributed by atoms with Gasteiger partial charge in [-0.25, -0.2) is 0 Å². The van der Waals surface area contributed by atoms with Gasteiger partial charge in [0.15, 0.2) is 0 Å². The van der Waals surface area contributed by atoms with Crippen LogP contribution in [-0.4, -0.2) is 55.2 Å². The Bertz CT molecular complexity index is 1740. The van der Waals surface area contributed by atoms with Gasteiger partial charge in [-0.3, -0.25) is 0 Å². The molecule has 0 heterocycles. The van der Waals surface area contributed by atoms with Crippen LogP contribution in [0.2, 0.25) is 68.0 Å². The quantitative estimate of drug-likeness (QED) is 0.0746. The molecule has 8 fully saturated rings. The molecule has 0 amide bonds. The number of nitrogens with zero attached hydrogens (tertiary/aromatic N) is 2. The molecule has 0 bridgehead atoms. The van der Waals surface area contributed by atoms with E-state index in [0.717, 1.165) is 143 Å². The molecule has 456 valence electrons. The van der Waals surface area contributed by atoms with Gasteiger partial charge >= 0.3 is 69.2 Å². The van der Waals surface area contributed by atoms with Crippen molar-refractivity contribution in [1.29, 1.82) is 0 Å². The molecule has 0 radical (unpaired) electrons. The number of rotatable bonds is 10. The van der Waals surface area contributed by atoms with Crippen molar-refractivity contribution in [3.63, 3.8) is 0 Å². The van der Waals surface area contributed by atoms with Crippen LogP contribution in [0.1, 0.15) is 137 Å². The summed E-state index contributed by atoms with van der Waals surface area (Å²) in [5.74, 6) is 12.0. The van der Waals surface area contributed by atoms with Gasteiger partial charge in [0.25, 0.3) is 0 Å². The van der Waals surface area contributed by atoms with Crippen LogP contribution in [0.15, 0.2) is 60.7 Å². The molecule has 0 saturated heterocycles. The van der Waals surface area contributed by atoms with E-state index in [2.05, 4.69) is 188 Å². The molecule has 20 atom stereocenters. The molecule has 10 rings (SSSR count). The minimum Gasteiger partial charge on any atom is -0.684 e. The topological polar surface area (TPSA) is 28.2 Å². The van der Waals surface area contributed by atoms with Gasteiger partial charge in [0.05, 0.1) is 16.1 Å². The summed E-state index contributed by atoms with van der Waals surface area (Å²) in [6.45, 7) is 29.4. The van der Waals surface area contributed by atoms with Crippen LogP contribution < -0.4 is 0 Å². The second kappa shape index (κ2) is 38.6. The normalized spacial score (nSPS) is 36.4. The van der Waals surface area contributed by atoms with Crippen molar-refractivity contribution >= 4 is 138 Å². The number of hydrogen-bond acceptors (Lipinski definition) is 0. The average molecular weight is 1760 g/mol. The van der Waals surface area contributed by atoms with Gasteiger partial charge in [-0.15, -0.1) is 39.8 Å². The minimum atomic E-state index is -1.28. The molecule has 20 unspecified atom stereocenters. The van der Waals surface area contributed by atoms with Crippen LogP contribution in [0.25, 0.3) is 10.6 Å². The fourth-order valence-corrected chi connectivity index (χ4v) is 36.3. The molecule has 0 N–H and O–H groups in total. The Kier molecular flexibility index (Phi) is 39.5. The Labute approximate surface area is 584 Å². The van der Waals surface area contributed by atoms with Crippen LogP contribution in [0, 0.1) is 101 Å². The summed E-state index contributed by atoms with van der Waals surface area (Å²) in [7, 11) is -2.56. The van der Waals surface area contributed by atoms with Gasteiger partial charge in [0.1, 0.15) is 6.69 Å². The molecule has 0 aromatic heterocycles. The largest absolute Gasteiger partial charge is 4.00 e. The zero-order valence-corrected chi connectivity index (χ0v) is 71.8. The number of fused-ring (bicyclic) bond motifs is 4. The molecule has 8 aliphatic carbocycles. The molecule has 0 aliphatic heterocycles. The Morgan fingerprint density at radius 2 is 0.625 bits per heavy atom. The van der Waals surface area contributed by atoms with Crippen molar-refractivity contribution < 1.29 is 44.7 Å². The van der Waals surface area contributed by atoms with Crippen molar-refractivity contribution in [2.24, 2.45) is 71.0 Å². The Morgan fingerprint density at radius 3 is 0.838 bits per heavy atom. The molecule has 14 heteroatoms. The first kappa shape index (κ1) is 81.8. The van der Waals surface area contributed by atoms with Crippen LogP contribution >= 0.6 is 103 Å². The molecule has 80 heavy (non-hydrogen) atoms. The van der Waals surface area contributed by atoms with Gasteiger partial charge in [0, 0.05) is 19.3 Å². The Balaban J connectivity index is 0.000000553. The number of alkyl halides is 4. The van der Waals surface area contributed by atoms with Crippen molar-refractivity contribution in [2.45, 2.75) is 224 Å². The fourth-order valence-electron chi connectivity index (χ4n) is 19.2. The first-order chi connectivity index (χ1) is 35.5. The zero-order chi connectivity index (χ0) is 54.8. The summed E-state index contributed by atoms with van der Waals surface area (Å²) in [5, 5.41) is 8.95. The molecule has 2 nitrogen and oxygen atoms in total. The summed E-state index contributed by atoms with van der Waals surface area (Å²) in [5.41, 5.74) is 6.43. The molecule has 8 aliphatic rings. The van der Waals surface area contributed by atoms with E-state index >= 15 is 0 Å². The summed E-state index contributed by atoms with van der Waals surface area (Å²) in [6, 6.07) is 20.1. The van der Waals surface area contributed by atoms with E-state index in [1.54, 1.807) is 0 Å². The standard InChI is InChI=1S/2C22H38Br2Si.C15H16N2.C3H9BrSi.4CH3.2BrH.2Zr/c2*1-13-11-17-15(7-5-9-19(17)23)21(13)25(3,4)22-14(2)12-18-16(22)8-6-10-20(18)24;1-3-8-14(9-4-1)16-12-7-13-17-15-10-5-2-6-11-15;1-5(2,3)4;;;;;;;;/h2*13-22H,5-12H2,1-4H3;1-6,8-11H,7,12-13H2;1-3H3;4*1H3;2*1H;;/q;;-2;;4*-1;;;2*+4/p-2. The molecular weight excluding hydrogens is 1650 g/mol. The van der Waals surface area contributed by atoms with Crippen molar-refractivity contribution in [2.75, 3.05) is 13.1 Å². The Morgan fingerprint density at radius 1 is 0.412 bits per heavy atom. The molecule has 8 saturated carbocycles. The van der Waals surface area contributed by atoms with E-state index in [1.165, 1.54) is 103 Å². The molecule has 2 aromatic rings. The maximum atomic E-state index is 4.48. The third kappa shape index (κ3) is 22.0. The number of para-hydroxylation sites is 2. The Hall–Kier alpha value is 3.82. The summed E-state index contributed by atoms with van der Waals surface area (Å²) in [6.07, 6.45) is 24.8. The summed E-state index contributed by atoms with van der Waals surface area (Å²) < 4.78 is 0. The summed E-state index contributed by atoms with van der Waals surface area (Å²) >= 11 is 26.2. The van der Waals surface area contributed by atoms with Crippen LogP contribution in [-0.2, 0) is 44.7 Å². The van der Waals surface area contributed by atoms with Crippen molar-refractivity contribution in [3.05, 3.63) is 101 Å². The molecule has 2 aromatic carbocycles. The fraction of sp³-hybridized carbons (Fsp3) is 0.758. The number of benzene rings is 2. The van der Waals surface area contributed by atoms with Crippen molar-refractivity contribution in [1.82, 2.24) is 0 Å². The number of hydrogen-bond donors (Lipinski definition) is 0. The first-order valence-corrected chi connectivity index (χ1v) is 57.1. The van der Waals surface area contributed by atoms with Crippen LogP contribution in [0.3, 0.4) is 0 Å². The average Bonchev–Trinajstić information content (AvgIpc) is 4.10. The van der Waals surface area contributed by atoms with Crippen LogP contribution in [0.4, 0.5) is 11.4 Å². The van der Waals surface area contributed by atoms with Gasteiger partial charge in [-0.05, 0) is 145 Å². The van der Waals surface area contributed by atoms with Gasteiger partial charge in [-0.1, -0.05) is 256 Å². The summed E-state index contributed by atoms with van der Waals surface area (Å²) in [4.78, 5) is 3.27. The van der Waals surface area contributed by atoms with E-state index in [4.69, 9.17) is 0 Å². The molecular formula is C66H113Br7N2Si3Zr2. The van der Waals surface area contributed by atoms with Crippen molar-refractivity contribution in [3.8, 4) is 0 Å². The predicted molar refractivity (Wildman–Crippen MR) is 388 cm³/mol. The van der Waals surface area contributed by atoms with Gasteiger partial charge < -0.3 is 40.3 Å². The van der Waals surface area contributed by atoms with E-state index < -0.39 is 22.8 Å². The minimum absolute atomic E-state index is 0. The SMILES string of the molecule is CC1CC2C(Br)CCCC2C1[Si](C)(C)C1C(C)CC2C(Br)CCCC21.CC1CC2C(Br)CCCC2C1[Si](C)(C)C1C(C)CC2C(Br)CCCC21.C[Si](C)(C)Br.[Br][Zr+2][Br].[CH3-].[CH3-].[CH3-].[CH3-].[Zr+4].c1ccc([N-]CCC[N-]c2ccccc2)cc1. The maximum absolute atomic E-state index is 4.48. The third-order valence-electron chi connectivity index (χ3n) is 20.9. The second-order valence-electron chi connectivity index (χ2n) is 27.6. The van der Waals surface area contributed by atoms with Gasteiger partial charge in [0.2, 0.25) is 0 Å². The predicted octanol–water partition coefficient (Wildman–Crippen LogP) is 26.2. The monoisotopic (exact) mass is 1750 g/mol. The number of halogens is 7. The zero-order valence-electron chi connectivity index (χ0n) is 52.8. The van der Waals surface area contributed by atoms with E-state index in [1.807, 2.05) is 60.7 Å². The van der Waals surface area contributed by atoms with E-state index in [-0.39, 0.29) is 74.4 Å². The van der Waals surface area contributed by atoms with E-state index in [0.29, 0.717) is 0 Å². The second-order valence-corrected chi connectivity index (χ2v) is 64.9. The van der Waals surface area contributed by atoms with Crippen LogP contribution in [0.5, 0.6) is 0 Å². The molecule has 0 spiro atoms. The smallest absolute Gasteiger partial charge is 0.684 e. The van der Waals surface area contributed by atoms with E-state index in [9.17, 15) is 0 Å². The first-order valence-electron chi connectivity index (χ1n) is 30.2. The van der Waals surface area contributed by atoms with Gasteiger partial charge in [-0.2, -0.15) is 0 Å². The third-order valence-corrected chi connectivity index (χ3v) is 36.3.